The molecule has 2 aromatic rings. The molecule has 0 unspecified atom stereocenters. The average molecular weight is 266 g/mol. The maximum atomic E-state index is 9.34. The monoisotopic (exact) mass is 266 g/mol. The SMILES string of the molecule is O=C=NCCN=C=O.c1ccc(-c2ccccc2)cc1. The molecule has 4 nitrogen and oxygen atoms in total. The van der Waals surface area contributed by atoms with E-state index in [1.165, 1.54) is 23.3 Å². The number of benzene rings is 2. The standard InChI is InChI=1S/C12H10.C4H4N2O2/c1-3-7-11(8-4-1)12-9-5-2-6-10-12;7-3-5-1-2-6-4-8/h1-10H;1-2H2. The molecular formula is C16H14N2O2. The molecule has 0 aliphatic carbocycles. The lowest BCUT2D eigenvalue weighted by Gasteiger charge is -1.98. The van der Waals surface area contributed by atoms with Gasteiger partial charge in [0.15, 0.2) is 0 Å². The lowest BCUT2D eigenvalue weighted by Crippen LogP contribution is -1.82. The Labute approximate surface area is 117 Å². The molecule has 0 bridgehead atoms. The van der Waals surface area contributed by atoms with Gasteiger partial charge in [0.2, 0.25) is 12.2 Å². The molecule has 0 aromatic heterocycles. The molecular weight excluding hydrogens is 252 g/mol. The normalized spacial score (nSPS) is 8.40. The van der Waals surface area contributed by atoms with E-state index in [9.17, 15) is 9.59 Å². The second-order valence-electron chi connectivity index (χ2n) is 3.68. The van der Waals surface area contributed by atoms with E-state index in [2.05, 4.69) is 58.5 Å². The van der Waals surface area contributed by atoms with E-state index < -0.39 is 0 Å². The highest BCUT2D eigenvalue weighted by molar-refractivity contribution is 5.62. The minimum Gasteiger partial charge on any atom is -0.211 e. The van der Waals surface area contributed by atoms with Crippen LogP contribution >= 0.6 is 0 Å². The summed E-state index contributed by atoms with van der Waals surface area (Å²) in [5.41, 5.74) is 2.55. The summed E-state index contributed by atoms with van der Waals surface area (Å²) in [4.78, 5) is 24.9. The Morgan fingerprint density at radius 2 is 1.00 bits per heavy atom. The Morgan fingerprint density at radius 3 is 1.30 bits per heavy atom. The van der Waals surface area contributed by atoms with Crippen LogP contribution in [0.15, 0.2) is 70.6 Å². The zero-order valence-corrected chi connectivity index (χ0v) is 10.9. The first-order valence-electron chi connectivity index (χ1n) is 6.06. The highest BCUT2D eigenvalue weighted by Gasteiger charge is 1.91. The van der Waals surface area contributed by atoms with Gasteiger partial charge in [0.05, 0.1) is 13.1 Å². The van der Waals surface area contributed by atoms with Crippen molar-refractivity contribution in [2.24, 2.45) is 9.98 Å². The summed E-state index contributed by atoms with van der Waals surface area (Å²) in [6.07, 6.45) is 2.62. The molecule has 0 fully saturated rings. The smallest absolute Gasteiger partial charge is 0.211 e. The number of nitrogens with zero attached hydrogens (tertiary/aromatic N) is 2. The van der Waals surface area contributed by atoms with Crippen LogP contribution in [0.3, 0.4) is 0 Å². The maximum Gasteiger partial charge on any atom is 0.235 e. The molecule has 0 N–H and O–H groups in total. The van der Waals surface area contributed by atoms with Gasteiger partial charge in [0.1, 0.15) is 0 Å². The van der Waals surface area contributed by atoms with Crippen LogP contribution in [0.4, 0.5) is 0 Å². The highest BCUT2D eigenvalue weighted by atomic mass is 16.1. The van der Waals surface area contributed by atoms with Crippen LogP contribution in [-0.2, 0) is 9.59 Å². The van der Waals surface area contributed by atoms with Crippen molar-refractivity contribution < 1.29 is 9.59 Å². The van der Waals surface area contributed by atoms with E-state index in [0.717, 1.165) is 0 Å². The van der Waals surface area contributed by atoms with Gasteiger partial charge in [0, 0.05) is 0 Å². The summed E-state index contributed by atoms with van der Waals surface area (Å²) in [5.74, 6) is 0. The highest BCUT2D eigenvalue weighted by Crippen LogP contribution is 2.17. The van der Waals surface area contributed by atoms with Gasteiger partial charge in [-0.1, -0.05) is 60.7 Å². The van der Waals surface area contributed by atoms with Crippen molar-refractivity contribution in [2.45, 2.75) is 0 Å². The number of rotatable bonds is 4. The maximum absolute atomic E-state index is 9.34. The zero-order chi connectivity index (χ0) is 14.5. The first kappa shape index (κ1) is 15.3. The van der Waals surface area contributed by atoms with Crippen molar-refractivity contribution >= 4 is 12.2 Å². The molecule has 0 amide bonds. The van der Waals surface area contributed by atoms with Gasteiger partial charge in [0.25, 0.3) is 0 Å². The van der Waals surface area contributed by atoms with E-state index in [-0.39, 0.29) is 13.1 Å². The van der Waals surface area contributed by atoms with Gasteiger partial charge >= 0.3 is 0 Å². The molecule has 0 saturated carbocycles. The molecule has 2 aromatic carbocycles. The van der Waals surface area contributed by atoms with Crippen LogP contribution < -0.4 is 0 Å². The molecule has 100 valence electrons. The number of aliphatic imine (C=N–C) groups is 2. The fourth-order valence-corrected chi connectivity index (χ4v) is 1.45. The van der Waals surface area contributed by atoms with Crippen LogP contribution in [0.2, 0.25) is 0 Å². The largest absolute Gasteiger partial charge is 0.235 e. The molecule has 0 atom stereocenters. The van der Waals surface area contributed by atoms with Gasteiger partial charge < -0.3 is 0 Å². The number of isocyanates is 2. The van der Waals surface area contributed by atoms with Crippen LogP contribution in [-0.4, -0.2) is 25.2 Å². The molecule has 4 heteroatoms. The minimum atomic E-state index is 0.221. The quantitative estimate of drug-likeness (QED) is 0.485. The lowest BCUT2D eigenvalue weighted by molar-refractivity contribution is 0.560. The van der Waals surface area contributed by atoms with E-state index in [0.29, 0.717) is 0 Å². The Bertz CT molecular complexity index is 529. The van der Waals surface area contributed by atoms with Crippen LogP contribution in [0.25, 0.3) is 11.1 Å². The summed E-state index contributed by atoms with van der Waals surface area (Å²) in [5, 5.41) is 0. The Kier molecular flexibility index (Phi) is 7.75. The third-order valence-electron chi connectivity index (χ3n) is 2.33. The summed E-state index contributed by atoms with van der Waals surface area (Å²) < 4.78 is 0. The van der Waals surface area contributed by atoms with Crippen molar-refractivity contribution in [3.63, 3.8) is 0 Å². The van der Waals surface area contributed by atoms with Crippen molar-refractivity contribution in [1.82, 2.24) is 0 Å². The van der Waals surface area contributed by atoms with Crippen molar-refractivity contribution in [3.05, 3.63) is 60.7 Å². The number of carbonyl (C=O) groups excluding carboxylic acids is 2. The second kappa shape index (κ2) is 10.2. The van der Waals surface area contributed by atoms with Gasteiger partial charge in [-0.3, -0.25) is 0 Å². The molecule has 0 radical (unpaired) electrons. The van der Waals surface area contributed by atoms with Crippen LogP contribution in [0.1, 0.15) is 0 Å². The Hall–Kier alpha value is -2.80. The fourth-order valence-electron chi connectivity index (χ4n) is 1.45. The average Bonchev–Trinajstić information content (AvgIpc) is 2.54. The van der Waals surface area contributed by atoms with E-state index >= 15 is 0 Å². The molecule has 0 aliphatic rings. The third kappa shape index (κ3) is 6.22. The van der Waals surface area contributed by atoms with E-state index in [1.807, 2.05) is 12.1 Å². The zero-order valence-electron chi connectivity index (χ0n) is 10.9. The van der Waals surface area contributed by atoms with Gasteiger partial charge in [-0.05, 0) is 11.1 Å². The van der Waals surface area contributed by atoms with Gasteiger partial charge in [-0.15, -0.1) is 0 Å². The third-order valence-corrected chi connectivity index (χ3v) is 2.33. The summed E-state index contributed by atoms with van der Waals surface area (Å²) >= 11 is 0. The first-order valence-corrected chi connectivity index (χ1v) is 6.06. The van der Waals surface area contributed by atoms with Gasteiger partial charge in [-0.2, -0.15) is 0 Å². The molecule has 0 heterocycles. The summed E-state index contributed by atoms with van der Waals surface area (Å²) in [7, 11) is 0. The van der Waals surface area contributed by atoms with Gasteiger partial charge in [-0.25, -0.2) is 19.6 Å². The predicted molar refractivity (Wildman–Crippen MR) is 77.9 cm³/mol. The molecule has 0 aliphatic heterocycles. The van der Waals surface area contributed by atoms with E-state index in [1.54, 1.807) is 0 Å². The van der Waals surface area contributed by atoms with E-state index in [4.69, 9.17) is 0 Å². The van der Waals surface area contributed by atoms with Crippen molar-refractivity contribution in [3.8, 4) is 11.1 Å². The molecule has 0 spiro atoms. The Morgan fingerprint density at radius 1 is 0.650 bits per heavy atom. The lowest BCUT2D eigenvalue weighted by atomic mass is 10.1. The molecule has 20 heavy (non-hydrogen) atoms. The predicted octanol–water partition coefficient (Wildman–Crippen LogP) is 3.01. The topological polar surface area (TPSA) is 58.9 Å². The van der Waals surface area contributed by atoms with Crippen molar-refractivity contribution in [2.75, 3.05) is 13.1 Å². The minimum absolute atomic E-state index is 0.221. The second-order valence-corrected chi connectivity index (χ2v) is 3.68. The number of hydrogen-bond acceptors (Lipinski definition) is 4. The van der Waals surface area contributed by atoms with Crippen LogP contribution in [0, 0.1) is 0 Å². The molecule has 2 rings (SSSR count). The van der Waals surface area contributed by atoms with Crippen molar-refractivity contribution in [1.29, 1.82) is 0 Å². The van der Waals surface area contributed by atoms with Crippen LogP contribution in [0.5, 0.6) is 0 Å². The molecule has 0 saturated heterocycles. The number of hydrogen-bond donors (Lipinski definition) is 0. The fraction of sp³-hybridized carbons (Fsp3) is 0.125. The summed E-state index contributed by atoms with van der Waals surface area (Å²) in [6.45, 7) is 0.442. The Balaban J connectivity index is 0.000000221. The summed E-state index contributed by atoms with van der Waals surface area (Å²) in [6, 6.07) is 20.8. The first-order chi connectivity index (χ1) is 9.88.